The molecule has 4 heterocycles. The lowest BCUT2D eigenvalue weighted by Gasteiger charge is -2.43. The zero-order valence-electron chi connectivity index (χ0n) is 17.3. The molecule has 0 N–H and O–H groups in total. The van der Waals surface area contributed by atoms with Gasteiger partial charge in [0.25, 0.3) is 11.5 Å². The average molecular weight is 456 g/mol. The van der Waals surface area contributed by atoms with Crippen LogP contribution in [-0.2, 0) is 6.54 Å². The number of fused-ring (bicyclic) bond motifs is 4. The predicted molar refractivity (Wildman–Crippen MR) is 112 cm³/mol. The van der Waals surface area contributed by atoms with Crippen LogP contribution >= 0.6 is 0 Å². The Morgan fingerprint density at radius 2 is 1.82 bits per heavy atom. The van der Waals surface area contributed by atoms with E-state index in [1.807, 2.05) is 0 Å². The van der Waals surface area contributed by atoms with Gasteiger partial charge in [0.1, 0.15) is 11.4 Å². The van der Waals surface area contributed by atoms with E-state index in [2.05, 4.69) is 14.7 Å². The third kappa shape index (κ3) is 4.20. The van der Waals surface area contributed by atoms with Crippen molar-refractivity contribution in [1.29, 1.82) is 0 Å². The molecule has 0 radical (unpaired) electrons. The number of aromatic nitrogens is 3. The number of halogens is 3. The smallest absolute Gasteiger partial charge is 0.406 e. The molecule has 0 spiro atoms. The van der Waals surface area contributed by atoms with E-state index in [1.165, 1.54) is 36.8 Å². The van der Waals surface area contributed by atoms with Crippen LogP contribution in [0.2, 0.25) is 0 Å². The van der Waals surface area contributed by atoms with E-state index in [1.54, 1.807) is 27.7 Å². The molecular formula is C23H19F3N4O3. The molecule has 3 aromatic rings. The van der Waals surface area contributed by atoms with Crippen LogP contribution in [0.1, 0.15) is 28.5 Å². The Kier molecular flexibility index (Phi) is 5.15. The lowest BCUT2D eigenvalue weighted by molar-refractivity contribution is -0.274. The van der Waals surface area contributed by atoms with E-state index in [4.69, 9.17) is 0 Å². The Balaban J connectivity index is 1.48. The topological polar surface area (TPSA) is 77.3 Å². The minimum atomic E-state index is -4.77. The number of piperidine rings is 1. The van der Waals surface area contributed by atoms with E-state index in [0.717, 1.165) is 17.7 Å². The molecule has 0 saturated carbocycles. The number of carbonyl (C=O) groups is 1. The number of carbonyl (C=O) groups excluding carboxylic acids is 1. The summed E-state index contributed by atoms with van der Waals surface area (Å²) in [6.07, 6.45) is 0.451. The van der Waals surface area contributed by atoms with Gasteiger partial charge in [-0.25, -0.2) is 4.98 Å². The van der Waals surface area contributed by atoms with Gasteiger partial charge in [0, 0.05) is 55.3 Å². The normalized spacial score (nSPS) is 19.7. The summed E-state index contributed by atoms with van der Waals surface area (Å²) in [7, 11) is 0. The first kappa shape index (κ1) is 21.2. The van der Waals surface area contributed by atoms with Crippen LogP contribution in [0.5, 0.6) is 5.75 Å². The fourth-order valence-corrected chi connectivity index (χ4v) is 4.83. The van der Waals surface area contributed by atoms with Crippen molar-refractivity contribution < 1.29 is 22.7 Å². The minimum absolute atomic E-state index is 0.0897. The summed E-state index contributed by atoms with van der Waals surface area (Å²) in [4.78, 5) is 35.4. The highest BCUT2D eigenvalue weighted by molar-refractivity contribution is 5.92. The molecule has 2 aliphatic rings. The first-order valence-corrected chi connectivity index (χ1v) is 10.4. The van der Waals surface area contributed by atoms with Gasteiger partial charge in [-0.2, -0.15) is 0 Å². The van der Waals surface area contributed by atoms with Crippen molar-refractivity contribution in [2.24, 2.45) is 5.92 Å². The molecule has 33 heavy (non-hydrogen) atoms. The van der Waals surface area contributed by atoms with E-state index in [-0.39, 0.29) is 34.7 Å². The SMILES string of the molecule is O=C(c1cnccn1)N1C[C@@H]2C[C@@H](C1)c1c(-c3ccc(OC(F)(F)F)cc3)ccc(=O)n1C2. The number of likely N-dealkylation sites (tertiary alicyclic amines) is 1. The molecule has 2 bridgehead atoms. The summed E-state index contributed by atoms with van der Waals surface area (Å²) in [5, 5.41) is 0. The predicted octanol–water partition coefficient (Wildman–Crippen LogP) is 3.46. The number of hydrogen-bond acceptors (Lipinski definition) is 5. The van der Waals surface area contributed by atoms with Gasteiger partial charge in [0.15, 0.2) is 0 Å². The van der Waals surface area contributed by atoms with Gasteiger partial charge in [-0.1, -0.05) is 12.1 Å². The summed E-state index contributed by atoms with van der Waals surface area (Å²) < 4.78 is 43.2. The van der Waals surface area contributed by atoms with Crippen molar-refractivity contribution in [2.75, 3.05) is 13.1 Å². The van der Waals surface area contributed by atoms with Crippen molar-refractivity contribution in [2.45, 2.75) is 25.2 Å². The van der Waals surface area contributed by atoms with Crippen molar-refractivity contribution >= 4 is 5.91 Å². The maximum Gasteiger partial charge on any atom is 0.573 e. The molecule has 170 valence electrons. The van der Waals surface area contributed by atoms with E-state index >= 15 is 0 Å². The minimum Gasteiger partial charge on any atom is -0.406 e. The molecule has 2 aromatic heterocycles. The summed E-state index contributed by atoms with van der Waals surface area (Å²) in [6.45, 7) is 1.40. The van der Waals surface area contributed by atoms with Crippen LogP contribution in [0, 0.1) is 5.92 Å². The van der Waals surface area contributed by atoms with Gasteiger partial charge < -0.3 is 14.2 Å². The fraction of sp³-hybridized carbons (Fsp3) is 0.304. The summed E-state index contributed by atoms with van der Waals surface area (Å²) in [5.41, 5.74) is 2.35. The average Bonchev–Trinajstić information content (AvgIpc) is 2.79. The third-order valence-electron chi connectivity index (χ3n) is 6.06. The molecule has 1 amide bonds. The number of alkyl halides is 3. The van der Waals surface area contributed by atoms with Gasteiger partial charge >= 0.3 is 6.36 Å². The number of nitrogens with zero attached hydrogens (tertiary/aromatic N) is 4. The van der Waals surface area contributed by atoms with Crippen LogP contribution in [0.4, 0.5) is 13.2 Å². The molecule has 1 saturated heterocycles. The molecule has 1 fully saturated rings. The van der Waals surface area contributed by atoms with Gasteiger partial charge in [-0.15, -0.1) is 13.2 Å². The van der Waals surface area contributed by atoms with Crippen LogP contribution in [0.3, 0.4) is 0 Å². The highest BCUT2D eigenvalue weighted by atomic mass is 19.4. The van der Waals surface area contributed by atoms with Crippen LogP contribution < -0.4 is 10.3 Å². The number of ether oxygens (including phenoxy) is 1. The van der Waals surface area contributed by atoms with Crippen LogP contribution in [0.15, 0.2) is 59.8 Å². The Morgan fingerprint density at radius 1 is 1.03 bits per heavy atom. The Bertz CT molecular complexity index is 1240. The van der Waals surface area contributed by atoms with Crippen molar-refractivity contribution in [1.82, 2.24) is 19.4 Å². The summed E-state index contributed by atoms with van der Waals surface area (Å²) >= 11 is 0. The molecule has 5 rings (SSSR count). The molecular weight excluding hydrogens is 437 g/mol. The van der Waals surface area contributed by atoms with Gasteiger partial charge in [-0.3, -0.25) is 14.6 Å². The molecule has 7 nitrogen and oxygen atoms in total. The number of rotatable bonds is 3. The zero-order valence-corrected chi connectivity index (χ0v) is 17.3. The zero-order chi connectivity index (χ0) is 23.2. The second-order valence-electron chi connectivity index (χ2n) is 8.25. The molecule has 1 aromatic carbocycles. The summed E-state index contributed by atoms with van der Waals surface area (Å²) in [5.74, 6) is -0.494. The molecule has 2 aliphatic heterocycles. The maximum absolute atomic E-state index is 13.0. The monoisotopic (exact) mass is 456 g/mol. The summed E-state index contributed by atoms with van der Waals surface area (Å²) in [6, 6.07) is 8.75. The molecule has 0 unspecified atom stereocenters. The highest BCUT2D eigenvalue weighted by Crippen LogP contribution is 2.40. The van der Waals surface area contributed by atoms with Crippen molar-refractivity contribution in [3.8, 4) is 16.9 Å². The van der Waals surface area contributed by atoms with Crippen LogP contribution in [0.25, 0.3) is 11.1 Å². The van der Waals surface area contributed by atoms with Crippen molar-refractivity contribution in [3.63, 3.8) is 0 Å². The standard InChI is InChI=1S/C23H19F3N4O3/c24-23(25,26)33-17-3-1-15(2-4-17)18-5-6-20(31)30-12-14-9-16(21(18)30)13-29(11-14)22(32)19-10-27-7-8-28-19/h1-8,10,14,16H,9,11-13H2/t14-,16-/m0/s1. The Labute approximate surface area is 186 Å². The lowest BCUT2D eigenvalue weighted by atomic mass is 9.80. The molecule has 0 aliphatic carbocycles. The second-order valence-corrected chi connectivity index (χ2v) is 8.25. The lowest BCUT2D eigenvalue weighted by Crippen LogP contribution is -2.49. The fourth-order valence-electron chi connectivity index (χ4n) is 4.83. The molecule has 10 heteroatoms. The largest absolute Gasteiger partial charge is 0.573 e. The van der Waals surface area contributed by atoms with E-state index < -0.39 is 6.36 Å². The van der Waals surface area contributed by atoms with Gasteiger partial charge in [0.2, 0.25) is 0 Å². The second kappa shape index (κ2) is 8.02. The maximum atomic E-state index is 13.0. The first-order valence-electron chi connectivity index (χ1n) is 10.4. The molecule has 2 atom stereocenters. The quantitative estimate of drug-likeness (QED) is 0.603. The Morgan fingerprint density at radius 3 is 2.52 bits per heavy atom. The number of hydrogen-bond donors (Lipinski definition) is 0. The Hall–Kier alpha value is -3.69. The third-order valence-corrected chi connectivity index (χ3v) is 6.06. The first-order chi connectivity index (χ1) is 15.8. The highest BCUT2D eigenvalue weighted by Gasteiger charge is 2.38. The number of pyridine rings is 1. The van der Waals surface area contributed by atoms with Gasteiger partial charge in [0.05, 0.1) is 6.20 Å². The van der Waals surface area contributed by atoms with E-state index in [9.17, 15) is 22.8 Å². The van der Waals surface area contributed by atoms with Crippen LogP contribution in [-0.4, -0.2) is 44.8 Å². The van der Waals surface area contributed by atoms with Crippen molar-refractivity contribution in [3.05, 3.63) is 76.7 Å². The van der Waals surface area contributed by atoms with Gasteiger partial charge in [-0.05, 0) is 36.1 Å². The number of benzene rings is 1. The number of amides is 1. The van der Waals surface area contributed by atoms with E-state index in [0.29, 0.717) is 25.2 Å².